The monoisotopic (exact) mass is 656 g/mol. The summed E-state index contributed by atoms with van der Waals surface area (Å²) in [7, 11) is 0. The van der Waals surface area contributed by atoms with Crippen LogP contribution in [0.5, 0.6) is 0 Å². The molecule has 0 spiro atoms. The minimum Gasteiger partial charge on any atom is -0.462 e. The molecule has 0 bridgehead atoms. The Morgan fingerprint density at radius 2 is 1.17 bits per heavy atom. The van der Waals surface area contributed by atoms with Crippen molar-refractivity contribution < 1.29 is 57.2 Å². The van der Waals surface area contributed by atoms with Gasteiger partial charge in [-0.2, -0.15) is 0 Å². The van der Waals surface area contributed by atoms with Crippen LogP contribution in [0.2, 0.25) is 0 Å². The highest BCUT2D eigenvalue weighted by Gasteiger charge is 2.28. The lowest BCUT2D eigenvalue weighted by molar-refractivity contribution is -0.145. The third kappa shape index (κ3) is 26.0. The van der Waals surface area contributed by atoms with Crippen molar-refractivity contribution in [2.24, 2.45) is 0 Å². The molecule has 3 unspecified atom stereocenters. The molecule has 3 atom stereocenters. The van der Waals surface area contributed by atoms with Crippen LogP contribution >= 0.6 is 0 Å². The minimum absolute atomic E-state index is 0.0201. The first kappa shape index (κ1) is 41.6. The summed E-state index contributed by atoms with van der Waals surface area (Å²) in [4.78, 5) is 68.6. The standard InChI is InChI=1S/C15H24N2O6.C12H17NO6.C3H7N/c1-11(2)14(19)22-7-5-16-15(20)23-9-8-21-13(18)4-6-17-10-12(17)3;1-4-10(14)17-7-8-19-12(16)13-5-6-18-11(15)9(2)3;1-3-2-4-3/h12H,1,4-10H2,2-3H3,(H,16,20);4H,1-2,5-8H2,3H3,(H,13,16);3-4H,2H2,1H3. The number of hydrogen-bond acceptors (Lipinski definition) is 14. The number of nitrogens with zero attached hydrogens (tertiary/aromatic N) is 1. The van der Waals surface area contributed by atoms with Gasteiger partial charge in [0.2, 0.25) is 0 Å². The van der Waals surface area contributed by atoms with E-state index in [2.05, 4.69) is 63.9 Å². The second kappa shape index (κ2) is 24.8. The zero-order valence-corrected chi connectivity index (χ0v) is 27.2. The number of carbonyl (C=O) groups excluding carboxylic acids is 6. The molecule has 16 heteroatoms. The van der Waals surface area contributed by atoms with E-state index in [1.165, 1.54) is 20.4 Å². The Hall–Kier alpha value is -4.44. The lowest BCUT2D eigenvalue weighted by Gasteiger charge is -2.08. The van der Waals surface area contributed by atoms with E-state index in [9.17, 15) is 28.8 Å². The predicted octanol–water partition coefficient (Wildman–Crippen LogP) is 1.01. The molecule has 260 valence electrons. The highest BCUT2D eigenvalue weighted by molar-refractivity contribution is 5.87. The van der Waals surface area contributed by atoms with Crippen LogP contribution in [0.4, 0.5) is 9.59 Å². The van der Waals surface area contributed by atoms with Crippen LogP contribution in [0.25, 0.3) is 0 Å². The number of carbonyl (C=O) groups is 6. The molecule has 16 nitrogen and oxygen atoms in total. The molecule has 0 saturated carbocycles. The van der Waals surface area contributed by atoms with Gasteiger partial charge in [-0.15, -0.1) is 0 Å². The Kier molecular flexibility index (Phi) is 22.4. The van der Waals surface area contributed by atoms with Crippen molar-refractivity contribution in [1.29, 1.82) is 0 Å². The summed E-state index contributed by atoms with van der Waals surface area (Å²) < 4.78 is 28.5. The zero-order chi connectivity index (χ0) is 34.9. The summed E-state index contributed by atoms with van der Waals surface area (Å²) in [5, 5.41) is 7.85. The van der Waals surface area contributed by atoms with Crippen molar-refractivity contribution in [2.45, 2.75) is 46.2 Å². The van der Waals surface area contributed by atoms with Gasteiger partial charge in [0.1, 0.15) is 39.6 Å². The molecule has 0 aromatic heterocycles. The molecule has 2 aliphatic rings. The number of alkyl carbamates (subject to hydrolysis) is 2. The van der Waals surface area contributed by atoms with Crippen molar-refractivity contribution in [3.05, 3.63) is 37.0 Å². The van der Waals surface area contributed by atoms with E-state index in [0.717, 1.165) is 18.7 Å². The highest BCUT2D eigenvalue weighted by atomic mass is 16.6. The third-order valence-electron chi connectivity index (χ3n) is 5.42. The van der Waals surface area contributed by atoms with Crippen molar-refractivity contribution in [2.75, 3.05) is 72.4 Å². The smallest absolute Gasteiger partial charge is 0.407 e. The summed E-state index contributed by atoms with van der Waals surface area (Å²) in [6.45, 7) is 20.5. The van der Waals surface area contributed by atoms with Crippen molar-refractivity contribution >= 4 is 36.1 Å². The van der Waals surface area contributed by atoms with Gasteiger partial charge in [0.15, 0.2) is 0 Å². The molecule has 0 aromatic rings. The average Bonchev–Trinajstić information content (AvgIpc) is 3.95. The van der Waals surface area contributed by atoms with Gasteiger partial charge >= 0.3 is 36.1 Å². The van der Waals surface area contributed by atoms with Crippen molar-refractivity contribution in [3.63, 3.8) is 0 Å². The molecule has 46 heavy (non-hydrogen) atoms. The molecular weight excluding hydrogens is 608 g/mol. The normalized spacial score (nSPS) is 16.6. The summed E-state index contributed by atoms with van der Waals surface area (Å²) in [5.74, 6) is -1.92. The molecule has 0 aromatic carbocycles. The van der Waals surface area contributed by atoms with Crippen LogP contribution in [0.3, 0.4) is 0 Å². The largest absolute Gasteiger partial charge is 0.462 e. The van der Waals surface area contributed by atoms with E-state index >= 15 is 0 Å². The molecule has 0 radical (unpaired) electrons. The first-order valence-corrected chi connectivity index (χ1v) is 14.7. The Morgan fingerprint density at radius 1 is 0.761 bits per heavy atom. The number of nitrogens with one attached hydrogen (secondary N) is 3. The first-order valence-electron chi connectivity index (χ1n) is 14.7. The molecule has 2 heterocycles. The van der Waals surface area contributed by atoms with Gasteiger partial charge in [-0.05, 0) is 27.7 Å². The number of ether oxygens (including phenoxy) is 6. The molecule has 2 amide bonds. The van der Waals surface area contributed by atoms with Gasteiger partial charge in [-0.3, -0.25) is 9.69 Å². The molecule has 3 N–H and O–H groups in total. The van der Waals surface area contributed by atoms with Crippen LogP contribution < -0.4 is 16.0 Å². The molecular formula is C30H48N4O12. The SMILES string of the molecule is C=C(C)C(=O)OCCNC(=O)OCCOC(=O)CCN1CC1C.C=CC(=O)OCCOC(=O)NCCOC(=O)C(=C)C.CC1CN1. The van der Waals surface area contributed by atoms with Gasteiger partial charge < -0.3 is 44.4 Å². The average molecular weight is 657 g/mol. The number of esters is 4. The quantitative estimate of drug-likeness (QED) is 0.0619. The second-order valence-corrected chi connectivity index (χ2v) is 9.95. The first-order chi connectivity index (χ1) is 21.8. The number of amides is 2. The van der Waals surface area contributed by atoms with Crippen LogP contribution in [-0.4, -0.2) is 125 Å². The third-order valence-corrected chi connectivity index (χ3v) is 5.42. The fourth-order valence-electron chi connectivity index (χ4n) is 2.60. The summed E-state index contributed by atoms with van der Waals surface area (Å²) >= 11 is 0. The van der Waals surface area contributed by atoms with E-state index in [-0.39, 0.29) is 64.3 Å². The maximum Gasteiger partial charge on any atom is 0.407 e. The van der Waals surface area contributed by atoms with Crippen LogP contribution in [0.15, 0.2) is 37.0 Å². The Morgan fingerprint density at radius 3 is 1.54 bits per heavy atom. The van der Waals surface area contributed by atoms with Gasteiger partial charge in [0.05, 0.1) is 19.5 Å². The second-order valence-electron chi connectivity index (χ2n) is 9.95. The maximum atomic E-state index is 11.4. The number of hydrogen-bond donors (Lipinski definition) is 3. The predicted molar refractivity (Wildman–Crippen MR) is 165 cm³/mol. The molecule has 0 aliphatic carbocycles. The summed E-state index contributed by atoms with van der Waals surface area (Å²) in [6.07, 6.45) is -0.00736. The van der Waals surface area contributed by atoms with E-state index in [1.54, 1.807) is 0 Å². The molecule has 2 aliphatic heterocycles. The van der Waals surface area contributed by atoms with Crippen LogP contribution in [0, 0.1) is 0 Å². The topological polar surface area (TPSA) is 207 Å². The van der Waals surface area contributed by atoms with E-state index in [1.807, 2.05) is 0 Å². The highest BCUT2D eigenvalue weighted by Crippen LogP contribution is 2.15. The number of rotatable bonds is 18. The Bertz CT molecular complexity index is 1040. The molecule has 2 rings (SSSR count). The fourth-order valence-corrected chi connectivity index (χ4v) is 2.60. The van der Waals surface area contributed by atoms with E-state index in [0.29, 0.717) is 24.6 Å². The molecule has 2 fully saturated rings. The van der Waals surface area contributed by atoms with E-state index in [4.69, 9.17) is 18.9 Å². The van der Waals surface area contributed by atoms with Gasteiger partial charge in [-0.1, -0.05) is 19.7 Å². The van der Waals surface area contributed by atoms with Gasteiger partial charge in [-0.25, -0.2) is 24.0 Å². The van der Waals surface area contributed by atoms with Gasteiger partial charge in [0, 0.05) is 48.9 Å². The van der Waals surface area contributed by atoms with E-state index < -0.39 is 30.1 Å². The summed E-state index contributed by atoms with van der Waals surface area (Å²) in [5.41, 5.74) is 0.578. The molecule has 2 saturated heterocycles. The lowest BCUT2D eigenvalue weighted by atomic mass is 10.4. The lowest BCUT2D eigenvalue weighted by Crippen LogP contribution is -2.29. The van der Waals surface area contributed by atoms with Crippen LogP contribution in [0.1, 0.15) is 34.1 Å². The maximum absolute atomic E-state index is 11.4. The Balaban J connectivity index is 0.000000793. The van der Waals surface area contributed by atoms with Crippen molar-refractivity contribution in [1.82, 2.24) is 20.9 Å². The Labute approximate surface area is 269 Å². The fraction of sp³-hybridized carbons (Fsp3) is 0.600. The van der Waals surface area contributed by atoms with Crippen molar-refractivity contribution in [3.8, 4) is 0 Å². The summed E-state index contributed by atoms with van der Waals surface area (Å²) in [6, 6.07) is 1.39. The van der Waals surface area contributed by atoms with Gasteiger partial charge in [0.25, 0.3) is 0 Å². The van der Waals surface area contributed by atoms with Crippen LogP contribution in [-0.2, 0) is 47.6 Å². The minimum atomic E-state index is -0.693. The zero-order valence-electron chi connectivity index (χ0n) is 27.2.